The molecule has 3 aromatic rings. The first kappa shape index (κ1) is 17.7. The van der Waals surface area contributed by atoms with Gasteiger partial charge in [-0.05, 0) is 53.6 Å². The molecule has 0 saturated carbocycles. The average Bonchev–Trinajstić information content (AvgIpc) is 3.26. The van der Waals surface area contributed by atoms with Gasteiger partial charge in [0.25, 0.3) is 0 Å². The first-order valence-electron chi connectivity index (χ1n) is 8.70. The van der Waals surface area contributed by atoms with E-state index in [1.54, 1.807) is 48.5 Å². The van der Waals surface area contributed by atoms with Crippen LogP contribution in [-0.4, -0.2) is 34.8 Å². The van der Waals surface area contributed by atoms with E-state index in [-0.39, 0.29) is 23.3 Å². The van der Waals surface area contributed by atoms with Crippen LogP contribution < -0.4 is 9.47 Å². The number of carbonyl (C=O) groups excluding carboxylic acids is 1. The van der Waals surface area contributed by atoms with Crippen molar-refractivity contribution < 1.29 is 24.5 Å². The summed E-state index contributed by atoms with van der Waals surface area (Å²) in [6.45, 7) is 0. The van der Waals surface area contributed by atoms with E-state index in [0.29, 0.717) is 28.3 Å². The molecule has 4 rings (SSSR count). The summed E-state index contributed by atoms with van der Waals surface area (Å²) in [4.78, 5) is 13.0. The Morgan fingerprint density at radius 2 is 1.75 bits per heavy atom. The van der Waals surface area contributed by atoms with Crippen molar-refractivity contribution >= 4 is 11.9 Å². The predicted octanol–water partition coefficient (Wildman–Crippen LogP) is 3.79. The normalized spacial score (nSPS) is 17.0. The number of allylic oxidation sites excluding steroid dienone is 1. The van der Waals surface area contributed by atoms with E-state index >= 15 is 0 Å². The number of hydrogen-bond donors (Lipinski definition) is 2. The summed E-state index contributed by atoms with van der Waals surface area (Å²) in [5.41, 5.74) is 2.64. The van der Waals surface area contributed by atoms with Gasteiger partial charge in [-0.2, -0.15) is 0 Å². The molecular weight excluding hydrogens is 358 g/mol. The first-order valence-corrected chi connectivity index (χ1v) is 8.70. The molecule has 28 heavy (non-hydrogen) atoms. The number of fused-ring (bicyclic) bond motifs is 1. The number of ketones is 1. The molecule has 1 aliphatic heterocycles. The topological polar surface area (TPSA) is 80.9 Å². The van der Waals surface area contributed by atoms with E-state index < -0.39 is 0 Å². The summed E-state index contributed by atoms with van der Waals surface area (Å²) in [6.07, 6.45) is 3.61. The van der Waals surface area contributed by atoms with E-state index in [1.807, 2.05) is 16.8 Å². The molecule has 0 aliphatic carbocycles. The molecule has 1 unspecified atom stereocenters. The Morgan fingerprint density at radius 3 is 2.46 bits per heavy atom. The van der Waals surface area contributed by atoms with Gasteiger partial charge < -0.3 is 24.3 Å². The van der Waals surface area contributed by atoms with E-state index in [4.69, 9.17) is 9.47 Å². The SMILES string of the molecule is COc1ccc(/C=C2/C(=O)c3cccn3C2c2ccc(O)c(OC)c2)cc1O. The number of benzene rings is 2. The largest absolute Gasteiger partial charge is 0.504 e. The standard InChI is InChI=1S/C22H19NO5/c1-27-19-8-5-13(11-18(19)25)10-15-21(23-9-3-4-16(23)22(15)26)14-6-7-17(24)20(12-14)28-2/h3-12,21,24-25H,1-2H3/b15-10+. The van der Waals surface area contributed by atoms with Crippen molar-refractivity contribution in [2.75, 3.05) is 14.2 Å². The number of ether oxygens (including phenoxy) is 2. The van der Waals surface area contributed by atoms with Crippen LogP contribution in [0.2, 0.25) is 0 Å². The van der Waals surface area contributed by atoms with Gasteiger partial charge in [-0.1, -0.05) is 12.1 Å². The summed E-state index contributed by atoms with van der Waals surface area (Å²) in [5, 5.41) is 20.0. The van der Waals surface area contributed by atoms with Crippen LogP contribution in [0.1, 0.15) is 27.7 Å². The number of methoxy groups -OCH3 is 2. The smallest absolute Gasteiger partial charge is 0.207 e. The van der Waals surface area contributed by atoms with Crippen LogP contribution in [0.5, 0.6) is 23.0 Å². The fourth-order valence-electron chi connectivity index (χ4n) is 3.56. The molecule has 0 fully saturated rings. The second-order valence-corrected chi connectivity index (χ2v) is 6.49. The molecule has 6 heteroatoms. The molecule has 0 amide bonds. The molecule has 1 atom stereocenters. The Balaban J connectivity index is 1.84. The Morgan fingerprint density at radius 1 is 0.964 bits per heavy atom. The third-order valence-electron chi connectivity index (χ3n) is 4.89. The van der Waals surface area contributed by atoms with Crippen LogP contribution in [0.25, 0.3) is 6.08 Å². The fourth-order valence-corrected chi connectivity index (χ4v) is 3.56. The Hall–Kier alpha value is -3.67. The van der Waals surface area contributed by atoms with Crippen molar-refractivity contribution in [1.29, 1.82) is 0 Å². The molecule has 0 saturated heterocycles. The average molecular weight is 377 g/mol. The van der Waals surface area contributed by atoms with Gasteiger partial charge in [0.1, 0.15) is 0 Å². The van der Waals surface area contributed by atoms with E-state index in [1.165, 1.54) is 14.2 Å². The number of hydrogen-bond acceptors (Lipinski definition) is 5. The molecule has 0 bridgehead atoms. The van der Waals surface area contributed by atoms with Crippen LogP contribution >= 0.6 is 0 Å². The number of aromatic hydroxyl groups is 2. The highest BCUT2D eigenvalue weighted by Crippen LogP contribution is 2.41. The first-order chi connectivity index (χ1) is 13.5. The van der Waals surface area contributed by atoms with Gasteiger partial charge in [-0.15, -0.1) is 0 Å². The monoisotopic (exact) mass is 377 g/mol. The Bertz CT molecular complexity index is 1100. The minimum absolute atomic E-state index is 0.00441. The van der Waals surface area contributed by atoms with Crippen LogP contribution in [0, 0.1) is 0 Å². The molecule has 1 aliphatic rings. The minimum atomic E-state index is -0.365. The van der Waals surface area contributed by atoms with Crippen molar-refractivity contribution in [3.05, 3.63) is 77.1 Å². The Kier molecular flexibility index (Phi) is 4.31. The quantitative estimate of drug-likeness (QED) is 0.676. The lowest BCUT2D eigenvalue weighted by Gasteiger charge is -2.17. The molecule has 2 heterocycles. The van der Waals surface area contributed by atoms with E-state index in [9.17, 15) is 15.0 Å². The number of phenols is 2. The number of aromatic nitrogens is 1. The molecule has 2 N–H and O–H groups in total. The third-order valence-corrected chi connectivity index (χ3v) is 4.89. The van der Waals surface area contributed by atoms with Gasteiger partial charge >= 0.3 is 0 Å². The lowest BCUT2D eigenvalue weighted by Crippen LogP contribution is -2.07. The second kappa shape index (κ2) is 6.81. The molecule has 0 spiro atoms. The zero-order valence-electron chi connectivity index (χ0n) is 15.4. The van der Waals surface area contributed by atoms with Crippen LogP contribution in [0.4, 0.5) is 0 Å². The molecule has 0 radical (unpaired) electrons. The number of Topliss-reactive ketones (excluding diaryl/α,β-unsaturated/α-hetero) is 1. The van der Waals surface area contributed by atoms with Crippen LogP contribution in [0.15, 0.2) is 60.3 Å². The summed E-state index contributed by atoms with van der Waals surface area (Å²) >= 11 is 0. The summed E-state index contributed by atoms with van der Waals surface area (Å²) in [6, 6.07) is 13.3. The van der Waals surface area contributed by atoms with Crippen LogP contribution in [-0.2, 0) is 0 Å². The fraction of sp³-hybridized carbons (Fsp3) is 0.136. The van der Waals surface area contributed by atoms with Crippen LogP contribution in [0.3, 0.4) is 0 Å². The highest BCUT2D eigenvalue weighted by atomic mass is 16.5. The number of carbonyl (C=O) groups is 1. The number of rotatable bonds is 4. The predicted molar refractivity (Wildman–Crippen MR) is 104 cm³/mol. The van der Waals surface area contributed by atoms with Crippen molar-refractivity contribution in [2.24, 2.45) is 0 Å². The zero-order chi connectivity index (χ0) is 19.8. The highest BCUT2D eigenvalue weighted by Gasteiger charge is 2.35. The third kappa shape index (κ3) is 2.79. The molecular formula is C22H19NO5. The van der Waals surface area contributed by atoms with Gasteiger partial charge in [-0.25, -0.2) is 0 Å². The van der Waals surface area contributed by atoms with Crippen molar-refractivity contribution in [1.82, 2.24) is 4.57 Å². The maximum atomic E-state index is 13.0. The molecule has 6 nitrogen and oxygen atoms in total. The molecule has 2 aromatic carbocycles. The minimum Gasteiger partial charge on any atom is -0.504 e. The molecule has 142 valence electrons. The maximum Gasteiger partial charge on any atom is 0.207 e. The highest BCUT2D eigenvalue weighted by molar-refractivity contribution is 6.14. The van der Waals surface area contributed by atoms with Gasteiger partial charge in [-0.3, -0.25) is 4.79 Å². The summed E-state index contributed by atoms with van der Waals surface area (Å²) in [5.74, 6) is 0.661. The Labute approximate surface area is 161 Å². The van der Waals surface area contributed by atoms with Crippen molar-refractivity contribution in [2.45, 2.75) is 6.04 Å². The van der Waals surface area contributed by atoms with Gasteiger partial charge in [0.05, 0.1) is 26.0 Å². The van der Waals surface area contributed by atoms with E-state index in [0.717, 1.165) is 5.56 Å². The lowest BCUT2D eigenvalue weighted by molar-refractivity contribution is 0.103. The number of nitrogens with zero attached hydrogens (tertiary/aromatic N) is 1. The summed E-state index contributed by atoms with van der Waals surface area (Å²) < 4.78 is 12.2. The van der Waals surface area contributed by atoms with Gasteiger partial charge in [0, 0.05) is 11.8 Å². The van der Waals surface area contributed by atoms with Gasteiger partial charge in [0.2, 0.25) is 5.78 Å². The second-order valence-electron chi connectivity index (χ2n) is 6.49. The maximum absolute atomic E-state index is 13.0. The van der Waals surface area contributed by atoms with E-state index in [2.05, 4.69) is 0 Å². The van der Waals surface area contributed by atoms with Crippen molar-refractivity contribution in [3.63, 3.8) is 0 Å². The van der Waals surface area contributed by atoms with Gasteiger partial charge in [0.15, 0.2) is 23.0 Å². The lowest BCUT2D eigenvalue weighted by atomic mass is 9.95. The summed E-state index contributed by atoms with van der Waals surface area (Å²) in [7, 11) is 2.96. The zero-order valence-corrected chi connectivity index (χ0v) is 15.4. The molecule has 1 aromatic heterocycles. The van der Waals surface area contributed by atoms with Crippen molar-refractivity contribution in [3.8, 4) is 23.0 Å². The number of phenolic OH excluding ortho intramolecular Hbond substituents is 2.